The molecule has 1 aromatic carbocycles. The van der Waals surface area contributed by atoms with E-state index in [-0.39, 0.29) is 6.61 Å². The molecule has 1 unspecified atom stereocenters. The van der Waals surface area contributed by atoms with Crippen LogP contribution in [-0.4, -0.2) is 16.8 Å². The molecule has 0 saturated carbocycles. The molecule has 5 nitrogen and oxygen atoms in total. The number of carbonyl (C=O) groups is 1. The molecule has 0 aromatic heterocycles. The van der Waals surface area contributed by atoms with Gasteiger partial charge in [-0.25, -0.2) is 4.79 Å². The van der Waals surface area contributed by atoms with Crippen LogP contribution in [0, 0.1) is 0 Å². The molecule has 0 aliphatic heterocycles. The second kappa shape index (κ2) is 6.20. The highest BCUT2D eigenvalue weighted by atomic mass is 31.1. The third-order valence-corrected chi connectivity index (χ3v) is 2.66. The first kappa shape index (κ1) is 12.6. The van der Waals surface area contributed by atoms with Gasteiger partial charge in [-0.3, -0.25) is 5.32 Å². The molecule has 1 aromatic rings. The van der Waals surface area contributed by atoms with E-state index < -0.39 is 19.9 Å². The molecule has 0 aliphatic rings. The molecule has 16 heavy (non-hydrogen) atoms. The van der Waals surface area contributed by atoms with Crippen molar-refractivity contribution in [3.63, 3.8) is 0 Å². The summed E-state index contributed by atoms with van der Waals surface area (Å²) in [6, 6.07) is 9.18. The fourth-order valence-electron chi connectivity index (χ4n) is 0.991. The molecule has 6 heteroatoms. The van der Waals surface area contributed by atoms with Crippen molar-refractivity contribution in [2.75, 3.05) is 0 Å². The van der Waals surface area contributed by atoms with Crippen LogP contribution >= 0.6 is 8.03 Å². The molecular formula is C10H13NO4P+. The third kappa shape index (κ3) is 4.38. The summed E-state index contributed by atoms with van der Waals surface area (Å²) in [6.45, 7) is 1.57. The van der Waals surface area contributed by atoms with Crippen LogP contribution in [0.5, 0.6) is 0 Å². The Balaban J connectivity index is 2.33. The Kier molecular flexibility index (Phi) is 4.89. The topological polar surface area (TPSA) is 75.6 Å². The van der Waals surface area contributed by atoms with Crippen LogP contribution < -0.4 is 5.32 Å². The van der Waals surface area contributed by atoms with E-state index >= 15 is 0 Å². The number of nitrogens with one attached hydrogen (secondary N) is 1. The van der Waals surface area contributed by atoms with Crippen molar-refractivity contribution < 1.29 is 19.0 Å². The fourth-order valence-corrected chi connectivity index (χ4v) is 1.21. The Hall–Kier alpha value is -1.45. The smallest absolute Gasteiger partial charge is 0.445 e. The molecule has 0 radical (unpaired) electrons. The molecule has 86 valence electrons. The van der Waals surface area contributed by atoms with E-state index in [1.54, 1.807) is 0 Å². The van der Waals surface area contributed by atoms with Crippen molar-refractivity contribution in [2.45, 2.75) is 19.3 Å². The van der Waals surface area contributed by atoms with Gasteiger partial charge in [0.1, 0.15) is 6.61 Å². The Morgan fingerprint density at radius 1 is 1.50 bits per heavy atom. The van der Waals surface area contributed by atoms with Gasteiger partial charge in [0.05, 0.1) is 0 Å². The number of rotatable bonds is 4. The summed E-state index contributed by atoms with van der Waals surface area (Å²) in [4.78, 5) is 19.9. The first-order valence-corrected chi connectivity index (χ1v) is 6.00. The number of ether oxygens (including phenoxy) is 1. The molecule has 0 aliphatic carbocycles. The van der Waals surface area contributed by atoms with E-state index in [4.69, 9.17) is 9.63 Å². The summed E-state index contributed by atoms with van der Waals surface area (Å²) in [6.07, 6.45) is -0.700. The second-order valence-corrected chi connectivity index (χ2v) is 4.56. The molecule has 0 heterocycles. The Labute approximate surface area is 94.3 Å². The van der Waals surface area contributed by atoms with Crippen molar-refractivity contribution in [1.29, 1.82) is 0 Å². The standard InChI is InChI=1S/C10H12NO4P/c1-8(16(13)14)11-10(12)15-7-9-5-3-2-4-6-9/h2-6,8H,7H2,1H3,(H-,11,12,13,14)/p+1/t8-/m1/s1. The number of alkyl carbamates (subject to hydrolysis) is 1. The highest BCUT2D eigenvalue weighted by Gasteiger charge is 2.25. The van der Waals surface area contributed by atoms with Gasteiger partial charge in [0.25, 0.3) is 5.78 Å². The van der Waals surface area contributed by atoms with Crippen LogP contribution in [0.1, 0.15) is 12.5 Å². The minimum Gasteiger partial charge on any atom is -0.445 e. The predicted octanol–water partition coefficient (Wildman–Crippen LogP) is 1.99. The van der Waals surface area contributed by atoms with Crippen molar-refractivity contribution in [3.05, 3.63) is 35.9 Å². The van der Waals surface area contributed by atoms with Crippen molar-refractivity contribution in [3.8, 4) is 0 Å². The fraction of sp³-hybridized carbons (Fsp3) is 0.300. The molecule has 1 rings (SSSR count). The summed E-state index contributed by atoms with van der Waals surface area (Å²) < 4.78 is 15.4. The van der Waals surface area contributed by atoms with Gasteiger partial charge in [0.2, 0.25) is 0 Å². The second-order valence-electron chi connectivity index (χ2n) is 3.18. The van der Waals surface area contributed by atoms with E-state index in [2.05, 4.69) is 5.32 Å². The lowest BCUT2D eigenvalue weighted by Crippen LogP contribution is -2.30. The predicted molar refractivity (Wildman–Crippen MR) is 59.1 cm³/mol. The first-order valence-electron chi connectivity index (χ1n) is 4.72. The zero-order valence-corrected chi connectivity index (χ0v) is 9.68. The lowest BCUT2D eigenvalue weighted by Gasteiger charge is -2.05. The average Bonchev–Trinajstić information content (AvgIpc) is 2.27. The molecule has 0 saturated heterocycles. The summed E-state index contributed by atoms with van der Waals surface area (Å²) in [5.74, 6) is -0.807. The number of benzene rings is 1. The number of carbonyl (C=O) groups excluding carboxylic acids is 1. The maximum atomic E-state index is 11.2. The van der Waals surface area contributed by atoms with E-state index in [1.807, 2.05) is 30.3 Å². The van der Waals surface area contributed by atoms with Crippen molar-refractivity contribution >= 4 is 14.1 Å². The van der Waals surface area contributed by atoms with Crippen LogP contribution in [0.2, 0.25) is 0 Å². The van der Waals surface area contributed by atoms with Crippen LogP contribution in [0.4, 0.5) is 4.79 Å². The molecule has 2 atom stereocenters. The van der Waals surface area contributed by atoms with E-state index in [1.165, 1.54) is 6.92 Å². The van der Waals surface area contributed by atoms with E-state index in [0.29, 0.717) is 0 Å². The van der Waals surface area contributed by atoms with Crippen LogP contribution in [-0.2, 0) is 15.9 Å². The first-order chi connectivity index (χ1) is 7.59. The Bertz CT molecular complexity index is 368. The summed E-state index contributed by atoms with van der Waals surface area (Å²) in [7, 11) is -2.42. The molecule has 1 amide bonds. The molecule has 2 N–H and O–H groups in total. The molecule has 0 bridgehead atoms. The highest BCUT2D eigenvalue weighted by molar-refractivity contribution is 7.38. The van der Waals surface area contributed by atoms with Crippen LogP contribution in [0.15, 0.2) is 30.3 Å². The molecule has 0 fully saturated rings. The Morgan fingerprint density at radius 2 is 2.12 bits per heavy atom. The maximum Gasteiger partial charge on any atom is 0.530 e. The van der Waals surface area contributed by atoms with Crippen LogP contribution in [0.25, 0.3) is 0 Å². The van der Waals surface area contributed by atoms with Gasteiger partial charge in [0.15, 0.2) is 0 Å². The molecule has 0 spiro atoms. The van der Waals surface area contributed by atoms with Crippen LogP contribution in [0.3, 0.4) is 0 Å². The van der Waals surface area contributed by atoms with Gasteiger partial charge < -0.3 is 4.74 Å². The lowest BCUT2D eigenvalue weighted by atomic mass is 10.2. The largest absolute Gasteiger partial charge is 0.530 e. The zero-order valence-electron chi connectivity index (χ0n) is 8.79. The maximum absolute atomic E-state index is 11.2. The lowest BCUT2D eigenvalue weighted by molar-refractivity contribution is 0.138. The summed E-state index contributed by atoms with van der Waals surface area (Å²) in [5, 5.41) is 2.25. The molecular weight excluding hydrogens is 229 g/mol. The normalized spacial score (nSPS) is 12.8. The van der Waals surface area contributed by atoms with Gasteiger partial charge in [-0.15, -0.1) is 0 Å². The quantitative estimate of drug-likeness (QED) is 0.791. The number of hydrogen-bond acceptors (Lipinski definition) is 3. The summed E-state index contributed by atoms with van der Waals surface area (Å²) in [5.41, 5.74) is 0.860. The Morgan fingerprint density at radius 3 is 2.69 bits per heavy atom. The van der Waals surface area contributed by atoms with E-state index in [9.17, 15) is 9.36 Å². The minimum atomic E-state index is -2.42. The van der Waals surface area contributed by atoms with Gasteiger partial charge in [-0.1, -0.05) is 30.3 Å². The number of amides is 1. The average molecular weight is 242 g/mol. The monoisotopic (exact) mass is 242 g/mol. The van der Waals surface area contributed by atoms with Gasteiger partial charge >= 0.3 is 14.1 Å². The summed E-state index contributed by atoms with van der Waals surface area (Å²) >= 11 is 0. The van der Waals surface area contributed by atoms with Gasteiger partial charge in [-0.2, -0.15) is 4.89 Å². The van der Waals surface area contributed by atoms with Crippen molar-refractivity contribution in [1.82, 2.24) is 5.32 Å². The zero-order chi connectivity index (χ0) is 12.0. The highest BCUT2D eigenvalue weighted by Crippen LogP contribution is 2.18. The SMILES string of the molecule is C[C@H](NC(=O)OCc1ccccc1)[P+](=O)O. The number of hydrogen-bond donors (Lipinski definition) is 2. The minimum absolute atomic E-state index is 0.140. The van der Waals surface area contributed by atoms with Gasteiger partial charge in [-0.05, 0) is 10.1 Å². The third-order valence-electron chi connectivity index (χ3n) is 1.87. The van der Waals surface area contributed by atoms with Gasteiger partial charge in [0, 0.05) is 6.92 Å². The van der Waals surface area contributed by atoms with E-state index in [0.717, 1.165) is 5.56 Å². The van der Waals surface area contributed by atoms with Crippen molar-refractivity contribution in [2.24, 2.45) is 0 Å².